The summed E-state index contributed by atoms with van der Waals surface area (Å²) >= 11 is 5.73. The Balaban J connectivity index is 2.43. The van der Waals surface area contributed by atoms with E-state index in [9.17, 15) is 20.3 Å². The van der Waals surface area contributed by atoms with Crippen molar-refractivity contribution in [1.29, 1.82) is 0 Å². The monoisotopic (exact) mass is 321 g/mol. The molecular formula is C14H12ClN3O4. The molecule has 0 bridgehead atoms. The minimum atomic E-state index is -0.603. The standard InChI is InChI=1S/C14H12ClN3O4/c1-8-14(20)11(9(7-19)5-16-8)6-17-10-2-3-12(15)13(4-10)18(21)22/h2-6,19-20H,7H2,1H3. The summed E-state index contributed by atoms with van der Waals surface area (Å²) in [6, 6.07) is 4.11. The van der Waals surface area contributed by atoms with Crippen molar-refractivity contribution in [3.05, 3.63) is 56.4 Å². The van der Waals surface area contributed by atoms with Crippen LogP contribution in [0.4, 0.5) is 11.4 Å². The van der Waals surface area contributed by atoms with E-state index in [0.717, 1.165) is 0 Å². The van der Waals surface area contributed by atoms with E-state index in [0.29, 0.717) is 22.5 Å². The first-order valence-electron chi connectivity index (χ1n) is 6.20. The molecule has 114 valence electrons. The third-order valence-electron chi connectivity index (χ3n) is 3.00. The second-order valence-corrected chi connectivity index (χ2v) is 4.85. The minimum Gasteiger partial charge on any atom is -0.505 e. The maximum Gasteiger partial charge on any atom is 0.290 e. The van der Waals surface area contributed by atoms with Crippen molar-refractivity contribution in [2.45, 2.75) is 13.5 Å². The van der Waals surface area contributed by atoms with Crippen molar-refractivity contribution < 1.29 is 15.1 Å². The number of halogens is 1. The van der Waals surface area contributed by atoms with Gasteiger partial charge in [0, 0.05) is 29.6 Å². The zero-order valence-corrected chi connectivity index (χ0v) is 12.3. The third kappa shape index (κ3) is 3.21. The molecule has 1 aromatic carbocycles. The summed E-state index contributed by atoms with van der Waals surface area (Å²) in [5, 5.41) is 30.1. The molecule has 1 aromatic heterocycles. The van der Waals surface area contributed by atoms with E-state index >= 15 is 0 Å². The van der Waals surface area contributed by atoms with Crippen LogP contribution in [0.5, 0.6) is 5.75 Å². The van der Waals surface area contributed by atoms with Gasteiger partial charge in [0.25, 0.3) is 5.69 Å². The quantitative estimate of drug-likeness (QED) is 0.511. The number of nitro benzene ring substituents is 1. The van der Waals surface area contributed by atoms with Gasteiger partial charge in [0.05, 0.1) is 22.9 Å². The number of aromatic hydroxyl groups is 1. The van der Waals surface area contributed by atoms with Gasteiger partial charge in [-0.1, -0.05) is 11.6 Å². The van der Waals surface area contributed by atoms with E-state index in [1.807, 2.05) is 0 Å². The molecule has 0 unspecified atom stereocenters. The molecule has 0 aliphatic carbocycles. The maximum atomic E-state index is 10.8. The Morgan fingerprint density at radius 2 is 2.23 bits per heavy atom. The molecule has 0 aliphatic rings. The number of hydrogen-bond acceptors (Lipinski definition) is 6. The Morgan fingerprint density at radius 1 is 1.50 bits per heavy atom. The van der Waals surface area contributed by atoms with Gasteiger partial charge in [0.2, 0.25) is 0 Å². The van der Waals surface area contributed by atoms with Crippen LogP contribution in [0.25, 0.3) is 0 Å². The topological polar surface area (TPSA) is 109 Å². The second-order valence-electron chi connectivity index (χ2n) is 4.44. The van der Waals surface area contributed by atoms with Gasteiger partial charge in [0.1, 0.15) is 10.8 Å². The molecular weight excluding hydrogens is 310 g/mol. The minimum absolute atomic E-state index is 0.0163. The molecule has 0 fully saturated rings. The summed E-state index contributed by atoms with van der Waals surface area (Å²) in [6.45, 7) is 1.30. The molecule has 0 amide bonds. The van der Waals surface area contributed by atoms with Gasteiger partial charge >= 0.3 is 0 Å². The fourth-order valence-electron chi connectivity index (χ4n) is 1.78. The predicted molar refractivity (Wildman–Crippen MR) is 81.9 cm³/mol. The van der Waals surface area contributed by atoms with Crippen molar-refractivity contribution in [3.63, 3.8) is 0 Å². The van der Waals surface area contributed by atoms with Crippen LogP contribution in [-0.4, -0.2) is 26.3 Å². The first kappa shape index (κ1) is 15.9. The van der Waals surface area contributed by atoms with Gasteiger partial charge in [-0.2, -0.15) is 0 Å². The fourth-order valence-corrected chi connectivity index (χ4v) is 1.97. The van der Waals surface area contributed by atoms with E-state index in [4.69, 9.17) is 11.6 Å². The Hall–Kier alpha value is -2.51. The number of aliphatic hydroxyl groups excluding tert-OH is 1. The molecule has 0 radical (unpaired) electrons. The Kier molecular flexibility index (Phi) is 4.69. The van der Waals surface area contributed by atoms with Gasteiger partial charge < -0.3 is 10.2 Å². The van der Waals surface area contributed by atoms with Crippen molar-refractivity contribution in [1.82, 2.24) is 4.98 Å². The van der Waals surface area contributed by atoms with E-state index < -0.39 is 4.92 Å². The van der Waals surface area contributed by atoms with Crippen LogP contribution in [0.2, 0.25) is 5.02 Å². The lowest BCUT2D eigenvalue weighted by Gasteiger charge is -2.07. The molecule has 0 saturated carbocycles. The molecule has 8 heteroatoms. The first-order chi connectivity index (χ1) is 10.4. The number of aliphatic hydroxyl groups is 1. The molecule has 22 heavy (non-hydrogen) atoms. The van der Waals surface area contributed by atoms with E-state index in [1.165, 1.54) is 30.6 Å². The molecule has 2 aromatic rings. The normalized spacial score (nSPS) is 11.0. The predicted octanol–water partition coefficient (Wildman–Crippen LogP) is 2.90. The summed E-state index contributed by atoms with van der Waals surface area (Å²) in [5.74, 6) is -0.0984. The molecule has 0 spiro atoms. The van der Waals surface area contributed by atoms with Gasteiger partial charge in [-0.25, -0.2) is 0 Å². The van der Waals surface area contributed by atoms with Gasteiger partial charge in [-0.15, -0.1) is 0 Å². The van der Waals surface area contributed by atoms with E-state index in [2.05, 4.69) is 9.98 Å². The Labute approximate surface area is 130 Å². The highest BCUT2D eigenvalue weighted by molar-refractivity contribution is 6.32. The summed E-state index contributed by atoms with van der Waals surface area (Å²) in [4.78, 5) is 18.3. The third-order valence-corrected chi connectivity index (χ3v) is 3.32. The van der Waals surface area contributed by atoms with Crippen LogP contribution in [0.3, 0.4) is 0 Å². The molecule has 7 nitrogen and oxygen atoms in total. The smallest absolute Gasteiger partial charge is 0.290 e. The first-order valence-corrected chi connectivity index (χ1v) is 6.58. The molecule has 0 saturated heterocycles. The average Bonchev–Trinajstić information content (AvgIpc) is 2.49. The number of rotatable bonds is 4. The van der Waals surface area contributed by atoms with Gasteiger partial charge in [-0.05, 0) is 19.1 Å². The van der Waals surface area contributed by atoms with Crippen LogP contribution in [0.1, 0.15) is 16.8 Å². The van der Waals surface area contributed by atoms with Crippen molar-refractivity contribution in [2.24, 2.45) is 4.99 Å². The SMILES string of the molecule is Cc1ncc(CO)c(C=Nc2ccc(Cl)c([N+](=O)[O-])c2)c1O. The summed E-state index contributed by atoms with van der Waals surface area (Å²) < 4.78 is 0. The van der Waals surface area contributed by atoms with Crippen LogP contribution in [-0.2, 0) is 6.61 Å². The summed E-state index contributed by atoms with van der Waals surface area (Å²) in [7, 11) is 0. The largest absolute Gasteiger partial charge is 0.505 e. The number of benzene rings is 1. The van der Waals surface area contributed by atoms with Crippen LogP contribution in [0, 0.1) is 17.0 Å². The lowest BCUT2D eigenvalue weighted by molar-refractivity contribution is -0.384. The van der Waals surface area contributed by atoms with Crippen LogP contribution < -0.4 is 0 Å². The number of hydrogen-bond donors (Lipinski definition) is 2. The highest BCUT2D eigenvalue weighted by Gasteiger charge is 2.13. The highest BCUT2D eigenvalue weighted by Crippen LogP contribution is 2.29. The Bertz CT molecular complexity index is 762. The van der Waals surface area contributed by atoms with Crippen LogP contribution in [0.15, 0.2) is 29.4 Å². The number of nitrogens with zero attached hydrogens (tertiary/aromatic N) is 3. The second kappa shape index (κ2) is 6.50. The zero-order valence-electron chi connectivity index (χ0n) is 11.5. The maximum absolute atomic E-state index is 10.8. The molecule has 2 rings (SSSR count). The van der Waals surface area contributed by atoms with Crippen molar-refractivity contribution in [3.8, 4) is 5.75 Å². The summed E-state index contributed by atoms with van der Waals surface area (Å²) in [5.41, 5.74) is 1.14. The molecule has 1 heterocycles. The van der Waals surface area contributed by atoms with Crippen LogP contribution >= 0.6 is 11.6 Å². The van der Waals surface area contributed by atoms with Gasteiger partial charge in [-0.3, -0.25) is 20.1 Å². The highest BCUT2D eigenvalue weighted by atomic mass is 35.5. The van der Waals surface area contributed by atoms with Crippen molar-refractivity contribution in [2.75, 3.05) is 0 Å². The zero-order chi connectivity index (χ0) is 16.3. The number of aryl methyl sites for hydroxylation is 1. The Morgan fingerprint density at radius 3 is 2.86 bits per heavy atom. The fraction of sp³-hybridized carbons (Fsp3) is 0.143. The van der Waals surface area contributed by atoms with E-state index in [1.54, 1.807) is 6.92 Å². The summed E-state index contributed by atoms with van der Waals surface area (Å²) in [6.07, 6.45) is 2.75. The van der Waals surface area contributed by atoms with Gasteiger partial charge in [0.15, 0.2) is 0 Å². The number of aromatic nitrogens is 1. The lowest BCUT2D eigenvalue weighted by atomic mass is 10.1. The number of nitro groups is 1. The van der Waals surface area contributed by atoms with Crippen molar-refractivity contribution >= 4 is 29.2 Å². The molecule has 0 atom stereocenters. The molecule has 0 aliphatic heterocycles. The number of aliphatic imine (C=N–C) groups is 1. The average molecular weight is 322 g/mol. The molecule has 2 N–H and O–H groups in total. The number of pyridine rings is 1. The lowest BCUT2D eigenvalue weighted by Crippen LogP contribution is -1.97. The van der Waals surface area contributed by atoms with E-state index in [-0.39, 0.29) is 23.1 Å².